The average molecular weight is 747 g/mol. The predicted molar refractivity (Wildman–Crippen MR) is 242 cm³/mol. The number of fused-ring (bicyclic) bond motifs is 4. The fourth-order valence-corrected chi connectivity index (χ4v) is 8.34. The topological polar surface area (TPSA) is 34.0 Å². The fraction of sp³-hybridized carbons (Fsp3) is 0.111. The van der Waals surface area contributed by atoms with Gasteiger partial charge in [-0.1, -0.05) is 134 Å². The number of anilines is 1. The highest BCUT2D eigenvalue weighted by Gasteiger charge is 2.37. The molecule has 2 atom stereocenters. The molecule has 0 spiro atoms. The Bertz CT molecular complexity index is 2920. The van der Waals surface area contributed by atoms with Crippen LogP contribution < -0.4 is 4.90 Å². The second kappa shape index (κ2) is 15.6. The van der Waals surface area contributed by atoms with Crippen molar-refractivity contribution in [2.75, 3.05) is 4.90 Å². The zero-order valence-corrected chi connectivity index (χ0v) is 32.9. The van der Waals surface area contributed by atoms with Crippen molar-refractivity contribution in [1.82, 2.24) is 14.5 Å². The molecule has 0 amide bonds. The Balaban J connectivity index is 1.28. The lowest BCUT2D eigenvalue weighted by Crippen LogP contribution is -2.32. The van der Waals surface area contributed by atoms with Crippen molar-refractivity contribution in [1.29, 1.82) is 0 Å². The maximum atomic E-state index is 5.73. The Kier molecular flexibility index (Phi) is 9.76. The van der Waals surface area contributed by atoms with Gasteiger partial charge >= 0.3 is 0 Å². The Labute approximate surface area is 340 Å². The van der Waals surface area contributed by atoms with Crippen LogP contribution in [0.5, 0.6) is 0 Å². The van der Waals surface area contributed by atoms with Gasteiger partial charge in [-0.05, 0) is 103 Å². The van der Waals surface area contributed by atoms with Crippen LogP contribution in [0, 0.1) is 30.1 Å². The molecule has 2 aliphatic rings. The van der Waals surface area contributed by atoms with Gasteiger partial charge in [-0.3, -0.25) is 0 Å². The van der Waals surface area contributed by atoms with E-state index in [0.717, 1.165) is 62.0 Å². The molecule has 0 saturated carbocycles. The summed E-state index contributed by atoms with van der Waals surface area (Å²) in [5.41, 5.74) is 13.8. The minimum absolute atomic E-state index is 0.0488. The van der Waals surface area contributed by atoms with Crippen molar-refractivity contribution in [3.8, 4) is 41.1 Å². The summed E-state index contributed by atoms with van der Waals surface area (Å²) in [6.07, 6.45) is 19.5. The molecule has 3 heterocycles. The number of aromatic nitrogens is 3. The molecule has 7 aromatic rings. The summed E-state index contributed by atoms with van der Waals surface area (Å²) in [4.78, 5) is 12.9. The minimum atomic E-state index is 0.0488. The van der Waals surface area contributed by atoms with Crippen LogP contribution in [0.4, 0.5) is 5.69 Å². The highest BCUT2D eigenvalue weighted by atomic mass is 15.2. The van der Waals surface area contributed by atoms with Crippen molar-refractivity contribution in [3.63, 3.8) is 0 Å². The lowest BCUT2D eigenvalue weighted by Gasteiger charge is -2.30. The van der Waals surface area contributed by atoms with E-state index in [2.05, 4.69) is 206 Å². The van der Waals surface area contributed by atoms with Crippen LogP contribution in [0.15, 0.2) is 181 Å². The smallest absolute Gasteiger partial charge is 0.134 e. The molecule has 9 rings (SSSR count). The van der Waals surface area contributed by atoms with E-state index in [1.807, 2.05) is 12.1 Å². The SMILES string of the molecule is C#CC#CC1=C(C)C2C=CC=CC2N1c1cc(-c2cc(/C(C)=C/C=C(\C)c3ccccc3)nc(Cc3ccccc3)n2)cc(-n2c3ccccc3c3ccccc32)c1. The number of para-hydroxylation sites is 2. The van der Waals surface area contributed by atoms with Crippen LogP contribution in [0.3, 0.4) is 0 Å². The third-order valence-electron chi connectivity index (χ3n) is 11.3. The van der Waals surface area contributed by atoms with E-state index < -0.39 is 0 Å². The summed E-state index contributed by atoms with van der Waals surface area (Å²) in [6.45, 7) is 6.45. The van der Waals surface area contributed by atoms with Crippen molar-refractivity contribution in [2.24, 2.45) is 5.92 Å². The van der Waals surface area contributed by atoms with Gasteiger partial charge < -0.3 is 9.47 Å². The Morgan fingerprint density at radius 1 is 0.707 bits per heavy atom. The molecule has 278 valence electrons. The average Bonchev–Trinajstić information content (AvgIpc) is 3.76. The molecule has 0 fully saturated rings. The number of hydrogen-bond donors (Lipinski definition) is 0. The van der Waals surface area contributed by atoms with Gasteiger partial charge in [0.05, 0.1) is 34.2 Å². The van der Waals surface area contributed by atoms with Gasteiger partial charge in [-0.2, -0.15) is 0 Å². The van der Waals surface area contributed by atoms with Gasteiger partial charge in [0.1, 0.15) is 5.82 Å². The molecule has 1 aliphatic carbocycles. The molecule has 58 heavy (non-hydrogen) atoms. The lowest BCUT2D eigenvalue weighted by molar-refractivity contribution is 0.677. The van der Waals surface area contributed by atoms with Crippen LogP contribution in [0.1, 0.15) is 43.4 Å². The largest absolute Gasteiger partial charge is 0.327 e. The zero-order valence-electron chi connectivity index (χ0n) is 32.9. The first-order valence-electron chi connectivity index (χ1n) is 19.8. The van der Waals surface area contributed by atoms with E-state index >= 15 is 0 Å². The highest BCUT2D eigenvalue weighted by Crippen LogP contribution is 2.43. The Morgan fingerprint density at radius 3 is 2.07 bits per heavy atom. The van der Waals surface area contributed by atoms with Crippen molar-refractivity contribution >= 4 is 38.6 Å². The number of rotatable bonds is 8. The standard InChI is InChI=1S/C54H42N4/c1-5-6-26-50-39(4)45-23-13-16-27-51(45)57(50)43-33-42(34-44(35-43)58-52-28-17-14-24-46(52)47-25-15-18-29-53(47)58)49-36-48(55-54(56-49)32-40-19-9-7-10-20-40)38(3)31-30-37(2)41-21-11-8-12-22-41/h1,7-25,27-31,33-36,45,51H,32H2,2-4H3/b37-30+,38-31+. The summed E-state index contributed by atoms with van der Waals surface area (Å²) in [6, 6.07) is 47.2. The Hall–Kier alpha value is -7.40. The quantitative estimate of drug-likeness (QED) is 0.115. The van der Waals surface area contributed by atoms with Gasteiger partial charge in [-0.15, -0.1) is 6.42 Å². The van der Waals surface area contributed by atoms with Crippen LogP contribution in [0.25, 0.3) is 49.9 Å². The van der Waals surface area contributed by atoms with Gasteiger partial charge in [0.25, 0.3) is 0 Å². The highest BCUT2D eigenvalue weighted by molar-refractivity contribution is 6.09. The van der Waals surface area contributed by atoms with Gasteiger partial charge in [0.15, 0.2) is 0 Å². The zero-order chi connectivity index (χ0) is 39.6. The molecule has 1 aliphatic heterocycles. The fourth-order valence-electron chi connectivity index (χ4n) is 8.34. The van der Waals surface area contributed by atoms with E-state index in [1.54, 1.807) is 0 Å². The van der Waals surface area contributed by atoms with Crippen molar-refractivity contribution < 1.29 is 0 Å². The molecular weight excluding hydrogens is 705 g/mol. The molecule has 4 heteroatoms. The minimum Gasteiger partial charge on any atom is -0.327 e. The summed E-state index contributed by atoms with van der Waals surface area (Å²) in [5, 5.41) is 2.41. The number of allylic oxidation sites excluding steroid dienone is 7. The second-order valence-corrected chi connectivity index (χ2v) is 15.0. The van der Waals surface area contributed by atoms with Gasteiger partial charge in [0.2, 0.25) is 0 Å². The number of hydrogen-bond acceptors (Lipinski definition) is 3. The van der Waals surface area contributed by atoms with E-state index in [4.69, 9.17) is 16.4 Å². The summed E-state index contributed by atoms with van der Waals surface area (Å²) in [5.74, 6) is 9.80. The summed E-state index contributed by atoms with van der Waals surface area (Å²) < 4.78 is 2.38. The van der Waals surface area contributed by atoms with Crippen molar-refractivity contribution in [2.45, 2.75) is 33.2 Å². The predicted octanol–water partition coefficient (Wildman–Crippen LogP) is 12.2. The number of nitrogens with zero attached hydrogens (tertiary/aromatic N) is 4. The van der Waals surface area contributed by atoms with Crippen LogP contribution in [-0.2, 0) is 6.42 Å². The summed E-state index contributed by atoms with van der Waals surface area (Å²) >= 11 is 0. The number of benzene rings is 5. The van der Waals surface area contributed by atoms with Crippen LogP contribution in [0.2, 0.25) is 0 Å². The first-order chi connectivity index (χ1) is 28.5. The maximum Gasteiger partial charge on any atom is 0.134 e. The molecule has 2 aromatic heterocycles. The molecule has 0 saturated heterocycles. The van der Waals surface area contributed by atoms with Crippen LogP contribution in [-0.4, -0.2) is 20.6 Å². The molecule has 4 nitrogen and oxygen atoms in total. The van der Waals surface area contributed by atoms with E-state index in [-0.39, 0.29) is 12.0 Å². The van der Waals surface area contributed by atoms with E-state index in [0.29, 0.717) is 6.42 Å². The van der Waals surface area contributed by atoms with Gasteiger partial charge in [-0.25, -0.2) is 9.97 Å². The van der Waals surface area contributed by atoms with Crippen molar-refractivity contribution in [3.05, 3.63) is 204 Å². The van der Waals surface area contributed by atoms with Crippen LogP contribution >= 0.6 is 0 Å². The molecule has 2 unspecified atom stereocenters. The van der Waals surface area contributed by atoms with Gasteiger partial charge in [0, 0.05) is 40.0 Å². The third-order valence-corrected chi connectivity index (χ3v) is 11.3. The Morgan fingerprint density at radius 2 is 1.34 bits per heavy atom. The molecular formula is C54H42N4. The molecule has 0 N–H and O–H groups in total. The number of terminal acetylenes is 1. The normalized spacial score (nSPS) is 16.4. The molecule has 0 bridgehead atoms. The van der Waals surface area contributed by atoms with E-state index in [1.165, 1.54) is 27.5 Å². The maximum absolute atomic E-state index is 5.73. The summed E-state index contributed by atoms with van der Waals surface area (Å²) in [7, 11) is 0. The second-order valence-electron chi connectivity index (χ2n) is 15.0. The van der Waals surface area contributed by atoms with E-state index in [9.17, 15) is 0 Å². The molecule has 0 radical (unpaired) electrons. The third kappa shape index (κ3) is 6.87. The lowest BCUT2D eigenvalue weighted by atomic mass is 9.91. The monoisotopic (exact) mass is 746 g/mol. The first-order valence-corrected chi connectivity index (χ1v) is 19.8. The molecule has 5 aromatic carbocycles. The first kappa shape index (κ1) is 36.3.